The van der Waals surface area contributed by atoms with Crippen LogP contribution in [0.2, 0.25) is 0 Å². The van der Waals surface area contributed by atoms with Crippen LogP contribution in [0.5, 0.6) is 0 Å². The molecule has 0 bridgehead atoms. The lowest BCUT2D eigenvalue weighted by Crippen LogP contribution is -2.60. The maximum atomic E-state index is 12.0. The van der Waals surface area contributed by atoms with Crippen molar-refractivity contribution < 1.29 is 14.4 Å². The van der Waals surface area contributed by atoms with Gasteiger partial charge in [-0.25, -0.2) is 0 Å². The number of rotatable bonds is 2. The zero-order valence-electron chi connectivity index (χ0n) is 10.3. The number of piperazine rings is 1. The minimum absolute atomic E-state index is 0.342. The number of carbonyl (C=O) groups is 3. The number of likely N-dealkylation sites (N-methyl/N-ethyl adjacent to an activating group) is 2. The maximum Gasteiger partial charge on any atom is 0.318 e. The molecule has 18 heavy (non-hydrogen) atoms. The number of imide groups is 1. The fourth-order valence-electron chi connectivity index (χ4n) is 1.99. The first kappa shape index (κ1) is 12.3. The summed E-state index contributed by atoms with van der Waals surface area (Å²) in [6.07, 6.45) is 0.416. The Morgan fingerprint density at radius 1 is 1.00 bits per heavy atom. The minimum atomic E-state index is -0.771. The highest BCUT2D eigenvalue weighted by molar-refractivity contribution is 6.39. The van der Waals surface area contributed by atoms with Crippen molar-refractivity contribution in [2.24, 2.45) is 0 Å². The van der Waals surface area contributed by atoms with E-state index in [0.29, 0.717) is 6.42 Å². The summed E-state index contributed by atoms with van der Waals surface area (Å²) in [5.41, 5.74) is 0.957. The third-order valence-corrected chi connectivity index (χ3v) is 3.16. The molecule has 1 aliphatic heterocycles. The fraction of sp³-hybridized carbons (Fsp3) is 0.308. The Morgan fingerprint density at radius 2 is 1.61 bits per heavy atom. The maximum absolute atomic E-state index is 12.0. The quantitative estimate of drug-likeness (QED) is 0.547. The van der Waals surface area contributed by atoms with Gasteiger partial charge in [-0.2, -0.15) is 0 Å². The van der Waals surface area contributed by atoms with E-state index in [1.54, 1.807) is 0 Å². The summed E-state index contributed by atoms with van der Waals surface area (Å²) in [5.74, 6) is -1.75. The van der Waals surface area contributed by atoms with Crippen molar-refractivity contribution in [3.63, 3.8) is 0 Å². The molecule has 94 valence electrons. The molecule has 0 N–H and O–H groups in total. The van der Waals surface area contributed by atoms with Crippen molar-refractivity contribution >= 4 is 17.7 Å². The topological polar surface area (TPSA) is 57.7 Å². The first-order valence-corrected chi connectivity index (χ1v) is 5.65. The zero-order valence-corrected chi connectivity index (χ0v) is 10.3. The highest BCUT2D eigenvalue weighted by atomic mass is 16.2. The Labute approximate surface area is 105 Å². The molecule has 1 aliphatic rings. The summed E-state index contributed by atoms with van der Waals surface area (Å²) >= 11 is 0. The van der Waals surface area contributed by atoms with Gasteiger partial charge in [0.25, 0.3) is 5.91 Å². The van der Waals surface area contributed by atoms with E-state index in [1.807, 2.05) is 30.3 Å². The number of carbonyl (C=O) groups excluding carboxylic acids is 3. The van der Waals surface area contributed by atoms with E-state index in [2.05, 4.69) is 0 Å². The van der Waals surface area contributed by atoms with E-state index in [9.17, 15) is 14.4 Å². The molecular weight excluding hydrogens is 232 g/mol. The van der Waals surface area contributed by atoms with Crippen LogP contribution < -0.4 is 0 Å². The first-order chi connectivity index (χ1) is 8.52. The van der Waals surface area contributed by atoms with Gasteiger partial charge in [0.05, 0.1) is 0 Å². The van der Waals surface area contributed by atoms with Gasteiger partial charge in [0.2, 0.25) is 0 Å². The molecule has 1 aromatic rings. The molecule has 0 aromatic heterocycles. The third kappa shape index (κ3) is 1.99. The van der Waals surface area contributed by atoms with Crippen LogP contribution in [-0.2, 0) is 20.8 Å². The fourth-order valence-corrected chi connectivity index (χ4v) is 1.99. The summed E-state index contributed by atoms with van der Waals surface area (Å²) in [4.78, 5) is 37.2. The Balaban J connectivity index is 2.24. The van der Waals surface area contributed by atoms with Crippen molar-refractivity contribution in [3.05, 3.63) is 35.9 Å². The van der Waals surface area contributed by atoms with Crippen molar-refractivity contribution in [1.29, 1.82) is 0 Å². The van der Waals surface area contributed by atoms with Crippen LogP contribution in [0, 0.1) is 0 Å². The van der Waals surface area contributed by atoms with E-state index in [0.717, 1.165) is 10.5 Å². The largest absolute Gasteiger partial charge is 0.325 e. The number of nitrogens with zero attached hydrogens (tertiary/aromatic N) is 2. The van der Waals surface area contributed by atoms with Crippen molar-refractivity contribution in [1.82, 2.24) is 9.80 Å². The number of benzene rings is 1. The predicted molar refractivity (Wildman–Crippen MR) is 64.5 cm³/mol. The minimum Gasteiger partial charge on any atom is -0.325 e. The molecule has 5 heteroatoms. The van der Waals surface area contributed by atoms with Crippen LogP contribution in [0.4, 0.5) is 0 Å². The lowest BCUT2D eigenvalue weighted by atomic mass is 10.0. The van der Waals surface area contributed by atoms with E-state index >= 15 is 0 Å². The standard InChI is InChI=1S/C13H14N2O3/c1-14-10(8-9-6-4-3-5-7-9)11(16)15(2)13(18)12(14)17/h3-7,10H,8H2,1-2H3. The van der Waals surface area contributed by atoms with Gasteiger partial charge in [-0.05, 0) is 5.56 Å². The molecule has 0 saturated carbocycles. The summed E-state index contributed by atoms with van der Waals surface area (Å²) in [7, 11) is 2.83. The first-order valence-electron chi connectivity index (χ1n) is 5.65. The van der Waals surface area contributed by atoms with E-state index in [4.69, 9.17) is 0 Å². The Kier molecular flexibility index (Phi) is 3.14. The van der Waals surface area contributed by atoms with Crippen LogP contribution in [0.15, 0.2) is 30.3 Å². The molecule has 0 aliphatic carbocycles. The Morgan fingerprint density at radius 3 is 2.22 bits per heavy atom. The number of amides is 3. The average molecular weight is 246 g/mol. The molecule has 1 fully saturated rings. The van der Waals surface area contributed by atoms with Crippen LogP contribution in [0.25, 0.3) is 0 Å². The molecule has 5 nitrogen and oxygen atoms in total. The van der Waals surface area contributed by atoms with Crippen LogP contribution >= 0.6 is 0 Å². The van der Waals surface area contributed by atoms with Gasteiger partial charge in [0.1, 0.15) is 6.04 Å². The lowest BCUT2D eigenvalue weighted by Gasteiger charge is -2.34. The van der Waals surface area contributed by atoms with Gasteiger partial charge in [0, 0.05) is 20.5 Å². The van der Waals surface area contributed by atoms with E-state index in [1.165, 1.54) is 19.0 Å². The van der Waals surface area contributed by atoms with Gasteiger partial charge < -0.3 is 4.90 Å². The average Bonchev–Trinajstić information content (AvgIpc) is 2.40. The lowest BCUT2D eigenvalue weighted by molar-refractivity contribution is -0.165. The monoisotopic (exact) mass is 246 g/mol. The molecule has 0 spiro atoms. The molecule has 1 unspecified atom stereocenters. The van der Waals surface area contributed by atoms with Gasteiger partial charge >= 0.3 is 11.8 Å². The van der Waals surface area contributed by atoms with Gasteiger partial charge in [0.15, 0.2) is 0 Å². The third-order valence-electron chi connectivity index (χ3n) is 3.16. The van der Waals surface area contributed by atoms with E-state index < -0.39 is 17.9 Å². The van der Waals surface area contributed by atoms with Gasteiger partial charge in [-0.15, -0.1) is 0 Å². The highest BCUT2D eigenvalue weighted by Gasteiger charge is 2.41. The summed E-state index contributed by atoms with van der Waals surface area (Å²) < 4.78 is 0. The molecule has 3 amide bonds. The molecule has 1 saturated heterocycles. The second kappa shape index (κ2) is 4.60. The predicted octanol–water partition coefficient (Wildman–Crippen LogP) is 0.0547. The second-order valence-electron chi connectivity index (χ2n) is 4.32. The zero-order chi connectivity index (χ0) is 13.3. The molecular formula is C13H14N2O3. The van der Waals surface area contributed by atoms with Crippen LogP contribution in [0.1, 0.15) is 5.56 Å². The smallest absolute Gasteiger partial charge is 0.318 e. The molecule has 1 atom stereocenters. The summed E-state index contributed by atoms with van der Waals surface area (Å²) in [6, 6.07) is 8.81. The van der Waals surface area contributed by atoms with Crippen molar-refractivity contribution in [2.75, 3.05) is 14.1 Å². The molecule has 1 aromatic carbocycles. The van der Waals surface area contributed by atoms with Crippen LogP contribution in [-0.4, -0.2) is 47.7 Å². The van der Waals surface area contributed by atoms with E-state index in [-0.39, 0.29) is 5.91 Å². The summed E-state index contributed by atoms with van der Waals surface area (Å²) in [5, 5.41) is 0. The molecule has 2 rings (SSSR count). The number of hydrogen-bond acceptors (Lipinski definition) is 3. The second-order valence-corrected chi connectivity index (χ2v) is 4.32. The Hall–Kier alpha value is -2.17. The normalized spacial score (nSPS) is 20.6. The highest BCUT2D eigenvalue weighted by Crippen LogP contribution is 2.15. The summed E-state index contributed by atoms with van der Waals surface area (Å²) in [6.45, 7) is 0. The van der Waals surface area contributed by atoms with Gasteiger partial charge in [-0.1, -0.05) is 30.3 Å². The van der Waals surface area contributed by atoms with Crippen molar-refractivity contribution in [3.8, 4) is 0 Å². The van der Waals surface area contributed by atoms with Gasteiger partial charge in [-0.3, -0.25) is 19.3 Å². The SMILES string of the molecule is CN1C(=O)C(=O)N(C)C(Cc2ccccc2)C1=O. The molecule has 0 radical (unpaired) electrons. The van der Waals surface area contributed by atoms with Crippen LogP contribution in [0.3, 0.4) is 0 Å². The Bertz CT molecular complexity index is 498. The number of hydrogen-bond donors (Lipinski definition) is 0. The molecule has 1 heterocycles. The van der Waals surface area contributed by atoms with Crippen molar-refractivity contribution in [2.45, 2.75) is 12.5 Å².